The number of phenolic OH excluding ortho intramolecular Hbond substituents is 1. The van der Waals surface area contributed by atoms with Crippen LogP contribution in [-0.4, -0.2) is 48.4 Å². The molecule has 2 saturated heterocycles. The smallest absolute Gasteiger partial charge is 0.115 e. The number of aromatic hydroxyl groups is 1. The molecular weight excluding hydrogens is 252 g/mol. The Kier molecular flexibility index (Phi) is 2.65. The maximum Gasteiger partial charge on any atom is 0.115 e. The second-order valence-electron chi connectivity index (χ2n) is 6.72. The first kappa shape index (κ1) is 12.6. The zero-order chi connectivity index (χ0) is 13.9. The van der Waals surface area contributed by atoms with Gasteiger partial charge in [-0.05, 0) is 56.1 Å². The summed E-state index contributed by atoms with van der Waals surface area (Å²) in [4.78, 5) is 2.43. The van der Waals surface area contributed by atoms with Crippen LogP contribution in [0, 0.1) is 0 Å². The van der Waals surface area contributed by atoms with Crippen LogP contribution in [0.15, 0.2) is 18.2 Å². The quantitative estimate of drug-likeness (QED) is 0.741. The van der Waals surface area contributed by atoms with Gasteiger partial charge in [-0.2, -0.15) is 0 Å². The molecule has 108 valence electrons. The second kappa shape index (κ2) is 4.20. The van der Waals surface area contributed by atoms with Gasteiger partial charge in [0.2, 0.25) is 0 Å². The fourth-order valence-corrected chi connectivity index (χ4v) is 4.62. The Morgan fingerprint density at radius 3 is 3.15 bits per heavy atom. The van der Waals surface area contributed by atoms with Crippen LogP contribution in [-0.2, 0) is 16.6 Å². The van der Waals surface area contributed by atoms with E-state index in [2.05, 4.69) is 18.0 Å². The molecule has 2 bridgehead atoms. The highest BCUT2D eigenvalue weighted by atomic mass is 16.5. The Hall–Kier alpha value is -1.10. The molecule has 2 heterocycles. The Labute approximate surface area is 119 Å². The number of phenols is 1. The highest BCUT2D eigenvalue weighted by molar-refractivity contribution is 5.46. The van der Waals surface area contributed by atoms with Gasteiger partial charge in [0.05, 0.1) is 12.7 Å². The molecule has 2 fully saturated rings. The first-order valence-electron chi connectivity index (χ1n) is 7.50. The van der Waals surface area contributed by atoms with Gasteiger partial charge in [0.25, 0.3) is 0 Å². The van der Waals surface area contributed by atoms with E-state index in [0.717, 1.165) is 25.8 Å². The minimum atomic E-state index is 0.00116. The van der Waals surface area contributed by atoms with Crippen LogP contribution in [0.4, 0.5) is 0 Å². The number of likely N-dealkylation sites (N-methyl/N-ethyl adjacent to an activating group) is 1. The van der Waals surface area contributed by atoms with Crippen LogP contribution >= 0.6 is 0 Å². The molecule has 0 amide bonds. The minimum Gasteiger partial charge on any atom is -0.508 e. The Morgan fingerprint density at radius 1 is 1.45 bits per heavy atom. The summed E-state index contributed by atoms with van der Waals surface area (Å²) in [5.74, 6) is 0.355. The van der Waals surface area contributed by atoms with E-state index >= 15 is 0 Å². The number of hydrogen-bond acceptors (Lipinski definition) is 4. The molecule has 4 rings (SSSR count). The summed E-state index contributed by atoms with van der Waals surface area (Å²) in [6.45, 7) is 1.73. The lowest BCUT2D eigenvalue weighted by molar-refractivity contribution is -0.128. The van der Waals surface area contributed by atoms with Crippen molar-refractivity contribution in [2.24, 2.45) is 5.73 Å². The molecule has 4 nitrogen and oxygen atoms in total. The molecule has 0 aromatic heterocycles. The standard InChI is InChI=1S/C16H22N2O2/c1-18-5-4-16-8-11(17)9-20-15(16)14(18)6-10-2-3-12(19)7-13(10)16/h2-3,7,11,14-15,19H,4-6,8-9,17H2,1H3/t11?,14-,15?,16-/m1/s1. The summed E-state index contributed by atoms with van der Waals surface area (Å²) in [6, 6.07) is 6.37. The lowest BCUT2D eigenvalue weighted by Crippen LogP contribution is -2.67. The monoisotopic (exact) mass is 274 g/mol. The van der Waals surface area contributed by atoms with Crippen molar-refractivity contribution in [3.05, 3.63) is 29.3 Å². The SMILES string of the molecule is CN1CC[C@]23CC(N)COC2[C@H]1Cc1ccc(O)cc13. The zero-order valence-corrected chi connectivity index (χ0v) is 11.9. The average Bonchev–Trinajstić information content (AvgIpc) is 2.43. The number of nitrogens with zero attached hydrogens (tertiary/aromatic N) is 1. The molecule has 3 N–H and O–H groups in total. The van der Waals surface area contributed by atoms with Gasteiger partial charge in [-0.1, -0.05) is 6.07 Å². The third kappa shape index (κ3) is 1.59. The molecule has 1 aromatic carbocycles. The van der Waals surface area contributed by atoms with E-state index in [9.17, 15) is 5.11 Å². The molecule has 4 heteroatoms. The normalized spacial score (nSPS) is 40.0. The van der Waals surface area contributed by atoms with E-state index in [1.807, 2.05) is 6.07 Å². The largest absolute Gasteiger partial charge is 0.508 e. The van der Waals surface area contributed by atoms with Gasteiger partial charge < -0.3 is 20.5 Å². The van der Waals surface area contributed by atoms with Crippen molar-refractivity contribution < 1.29 is 9.84 Å². The van der Waals surface area contributed by atoms with E-state index in [1.165, 1.54) is 11.1 Å². The van der Waals surface area contributed by atoms with Crippen LogP contribution in [0.3, 0.4) is 0 Å². The van der Waals surface area contributed by atoms with Crippen LogP contribution in [0.5, 0.6) is 5.75 Å². The van der Waals surface area contributed by atoms with Crippen LogP contribution in [0.25, 0.3) is 0 Å². The lowest BCUT2D eigenvalue weighted by Gasteiger charge is -2.58. The van der Waals surface area contributed by atoms with Gasteiger partial charge >= 0.3 is 0 Å². The van der Waals surface area contributed by atoms with Gasteiger partial charge in [0, 0.05) is 17.5 Å². The summed E-state index contributed by atoms with van der Waals surface area (Å²) in [5, 5.41) is 9.91. The number of nitrogens with two attached hydrogens (primary N) is 1. The van der Waals surface area contributed by atoms with Gasteiger partial charge in [0.15, 0.2) is 0 Å². The van der Waals surface area contributed by atoms with Crippen molar-refractivity contribution in [2.45, 2.75) is 42.9 Å². The molecule has 20 heavy (non-hydrogen) atoms. The van der Waals surface area contributed by atoms with Crippen LogP contribution in [0.1, 0.15) is 24.0 Å². The summed E-state index contributed by atoms with van der Waals surface area (Å²) in [7, 11) is 2.19. The summed E-state index contributed by atoms with van der Waals surface area (Å²) in [6.07, 6.45) is 3.26. The molecule has 3 aliphatic rings. The van der Waals surface area contributed by atoms with E-state index in [1.54, 1.807) is 6.07 Å². The summed E-state index contributed by atoms with van der Waals surface area (Å²) in [5.41, 5.74) is 8.84. The highest BCUT2D eigenvalue weighted by Gasteiger charge is 2.55. The molecule has 0 radical (unpaired) electrons. The maximum atomic E-state index is 9.91. The Bertz CT molecular complexity index is 547. The number of piperidine rings is 1. The molecule has 4 atom stereocenters. The number of likely N-dealkylation sites (tertiary alicyclic amines) is 1. The van der Waals surface area contributed by atoms with Crippen molar-refractivity contribution in [3.8, 4) is 5.75 Å². The molecule has 2 unspecified atom stereocenters. The van der Waals surface area contributed by atoms with Crippen molar-refractivity contribution in [3.63, 3.8) is 0 Å². The number of fused-ring (bicyclic) bond motifs is 1. The number of ether oxygens (including phenoxy) is 1. The third-order valence-corrected chi connectivity index (χ3v) is 5.55. The fourth-order valence-electron chi connectivity index (χ4n) is 4.62. The number of benzene rings is 1. The van der Waals surface area contributed by atoms with Crippen molar-refractivity contribution >= 4 is 0 Å². The Morgan fingerprint density at radius 2 is 2.30 bits per heavy atom. The third-order valence-electron chi connectivity index (χ3n) is 5.55. The molecular formula is C16H22N2O2. The predicted molar refractivity (Wildman–Crippen MR) is 76.9 cm³/mol. The Balaban J connectivity index is 1.90. The predicted octanol–water partition coefficient (Wildman–Crippen LogP) is 1.01. The van der Waals surface area contributed by atoms with Gasteiger partial charge in [0.1, 0.15) is 5.75 Å². The highest BCUT2D eigenvalue weighted by Crippen LogP contribution is 2.51. The molecule has 1 aliphatic carbocycles. The van der Waals surface area contributed by atoms with E-state index in [0.29, 0.717) is 18.4 Å². The van der Waals surface area contributed by atoms with Crippen molar-refractivity contribution in [1.29, 1.82) is 0 Å². The molecule has 0 spiro atoms. The maximum absolute atomic E-state index is 9.91. The van der Waals surface area contributed by atoms with E-state index in [4.69, 9.17) is 10.5 Å². The van der Waals surface area contributed by atoms with Crippen LogP contribution < -0.4 is 5.73 Å². The molecule has 0 saturated carbocycles. The van der Waals surface area contributed by atoms with Gasteiger partial charge in [-0.25, -0.2) is 0 Å². The van der Waals surface area contributed by atoms with E-state index < -0.39 is 0 Å². The molecule has 1 aromatic rings. The van der Waals surface area contributed by atoms with Crippen molar-refractivity contribution in [1.82, 2.24) is 4.90 Å². The van der Waals surface area contributed by atoms with Crippen molar-refractivity contribution in [2.75, 3.05) is 20.2 Å². The minimum absolute atomic E-state index is 0.00116. The molecule has 2 aliphatic heterocycles. The topological polar surface area (TPSA) is 58.7 Å². The lowest BCUT2D eigenvalue weighted by atomic mass is 9.58. The first-order chi connectivity index (χ1) is 9.60. The number of hydrogen-bond donors (Lipinski definition) is 2. The number of rotatable bonds is 0. The van der Waals surface area contributed by atoms with Gasteiger partial charge in [-0.3, -0.25) is 0 Å². The zero-order valence-electron chi connectivity index (χ0n) is 11.9. The summed E-state index contributed by atoms with van der Waals surface area (Å²) < 4.78 is 6.17. The van der Waals surface area contributed by atoms with E-state index in [-0.39, 0.29) is 17.6 Å². The fraction of sp³-hybridized carbons (Fsp3) is 0.625. The van der Waals surface area contributed by atoms with Gasteiger partial charge in [-0.15, -0.1) is 0 Å². The summed E-state index contributed by atoms with van der Waals surface area (Å²) >= 11 is 0. The average molecular weight is 274 g/mol. The second-order valence-corrected chi connectivity index (χ2v) is 6.72. The van der Waals surface area contributed by atoms with Crippen LogP contribution in [0.2, 0.25) is 0 Å². The first-order valence-corrected chi connectivity index (χ1v) is 7.50.